The van der Waals surface area contributed by atoms with Gasteiger partial charge in [-0.15, -0.1) is 0 Å². The zero-order chi connectivity index (χ0) is 11.1. The second-order valence-corrected chi connectivity index (χ2v) is 3.49. The molecule has 0 aliphatic heterocycles. The Labute approximate surface area is 85.4 Å². The van der Waals surface area contributed by atoms with Crippen molar-refractivity contribution in [1.29, 1.82) is 0 Å². The molecule has 0 saturated carbocycles. The van der Waals surface area contributed by atoms with E-state index < -0.39 is 17.0 Å². The fraction of sp³-hybridized carbons (Fsp3) is 0.625. The molecular weight excluding hydrogens is 208 g/mol. The van der Waals surface area contributed by atoms with Crippen LogP contribution in [0.15, 0.2) is 10.9 Å². The number of esters is 1. The Morgan fingerprint density at radius 1 is 1.36 bits per heavy atom. The molecule has 1 unspecified atom stereocenters. The molecule has 1 atom stereocenters. The number of ether oxygens (including phenoxy) is 1. The highest BCUT2D eigenvalue weighted by atomic mass is 32.2. The molecule has 0 aromatic heterocycles. The molecule has 0 rings (SSSR count). The van der Waals surface area contributed by atoms with Crippen LogP contribution in [-0.2, 0) is 24.8 Å². The van der Waals surface area contributed by atoms with E-state index >= 15 is 0 Å². The molecule has 0 aromatic carbocycles. The topological polar surface area (TPSA) is 72.8 Å². The average molecular weight is 222 g/mol. The van der Waals surface area contributed by atoms with Gasteiger partial charge < -0.3 is 9.84 Å². The number of hydrogen-bond acceptors (Lipinski definition) is 5. The van der Waals surface area contributed by atoms with Crippen LogP contribution < -0.4 is 0 Å². The predicted molar refractivity (Wildman–Crippen MR) is 51.5 cm³/mol. The van der Waals surface area contributed by atoms with Gasteiger partial charge in [0, 0.05) is 12.8 Å². The molecular formula is C8H14O5S. The Balaban J connectivity index is 4.75. The molecule has 0 spiro atoms. The van der Waals surface area contributed by atoms with Crippen LogP contribution in [0.4, 0.5) is 0 Å². The summed E-state index contributed by atoms with van der Waals surface area (Å²) in [5.74, 6) is -0.808. The lowest BCUT2D eigenvalue weighted by molar-refractivity contribution is -0.138. The van der Waals surface area contributed by atoms with Crippen molar-refractivity contribution >= 4 is 17.0 Å². The Morgan fingerprint density at radius 3 is 2.29 bits per heavy atom. The average Bonchev–Trinajstić information content (AvgIpc) is 2.23. The predicted octanol–water partition coefficient (Wildman–Crippen LogP) is 1.39. The molecule has 0 saturated heterocycles. The summed E-state index contributed by atoms with van der Waals surface area (Å²) in [5, 5.41) is 8.98. The van der Waals surface area contributed by atoms with Crippen molar-refractivity contribution in [1.82, 2.24) is 0 Å². The van der Waals surface area contributed by atoms with E-state index in [2.05, 4.69) is 8.92 Å². The second kappa shape index (κ2) is 6.56. The van der Waals surface area contributed by atoms with Gasteiger partial charge >= 0.3 is 5.97 Å². The first-order chi connectivity index (χ1) is 6.56. The van der Waals surface area contributed by atoms with E-state index in [1.54, 1.807) is 13.8 Å². The Morgan fingerprint density at radius 2 is 1.93 bits per heavy atom. The number of carbonyl (C=O) groups is 1. The van der Waals surface area contributed by atoms with Crippen LogP contribution in [0.25, 0.3) is 0 Å². The van der Waals surface area contributed by atoms with Crippen molar-refractivity contribution < 1.29 is 23.0 Å². The van der Waals surface area contributed by atoms with Crippen LogP contribution >= 0.6 is 0 Å². The number of carbonyl (C=O) groups excluding carboxylic acids is 1. The lowest BCUT2D eigenvalue weighted by Gasteiger charge is -2.07. The number of rotatable bonds is 5. The van der Waals surface area contributed by atoms with Gasteiger partial charge in [-0.2, -0.15) is 0 Å². The quantitative estimate of drug-likeness (QED) is 0.562. The summed E-state index contributed by atoms with van der Waals surface area (Å²) >= 11 is -1.93. The first-order valence-electron chi connectivity index (χ1n) is 4.15. The van der Waals surface area contributed by atoms with Gasteiger partial charge in [-0.25, -0.2) is 4.21 Å². The molecule has 1 N–H and O–H groups in total. The first kappa shape index (κ1) is 13.1. The number of hydrogen-bond donors (Lipinski definition) is 1. The van der Waals surface area contributed by atoms with Gasteiger partial charge in [-0.05, 0) is 0 Å². The summed E-state index contributed by atoms with van der Waals surface area (Å²) in [6.07, 6.45) is 0.364. The molecule has 0 aliphatic carbocycles. The summed E-state index contributed by atoms with van der Waals surface area (Å²) in [4.78, 5) is 10.9. The fourth-order valence-corrected chi connectivity index (χ4v) is 1.23. The van der Waals surface area contributed by atoms with Gasteiger partial charge in [0.05, 0.1) is 7.11 Å². The van der Waals surface area contributed by atoms with E-state index in [1.165, 1.54) is 7.11 Å². The van der Waals surface area contributed by atoms with Gasteiger partial charge in [0.2, 0.25) is 11.1 Å². The standard InChI is InChI=1S/C8H14O5S/c1-4-6(9)8(14(11)12-3)13-7(10)5-2/h9H,4-5H2,1-3H3/b8-6+. The molecule has 0 radical (unpaired) electrons. The van der Waals surface area contributed by atoms with E-state index in [0.717, 1.165) is 0 Å². The van der Waals surface area contributed by atoms with Gasteiger partial charge in [0.1, 0.15) is 5.76 Å². The van der Waals surface area contributed by atoms with Crippen molar-refractivity contribution in [3.05, 3.63) is 10.9 Å². The SMILES string of the molecule is CCC(=O)O/C(=C(\O)CC)S(=O)OC. The lowest BCUT2D eigenvalue weighted by Crippen LogP contribution is -2.10. The minimum atomic E-state index is -1.93. The van der Waals surface area contributed by atoms with Crippen LogP contribution in [0.3, 0.4) is 0 Å². The third-order valence-electron chi connectivity index (χ3n) is 1.37. The van der Waals surface area contributed by atoms with Crippen molar-refractivity contribution in [2.45, 2.75) is 26.7 Å². The van der Waals surface area contributed by atoms with E-state index in [4.69, 9.17) is 0 Å². The zero-order valence-electron chi connectivity index (χ0n) is 8.40. The van der Waals surface area contributed by atoms with E-state index in [9.17, 15) is 14.1 Å². The third-order valence-corrected chi connectivity index (χ3v) is 2.29. The molecule has 0 amide bonds. The third kappa shape index (κ3) is 3.89. The van der Waals surface area contributed by atoms with Crippen molar-refractivity contribution in [2.75, 3.05) is 7.11 Å². The highest BCUT2D eigenvalue weighted by Gasteiger charge is 2.17. The highest BCUT2D eigenvalue weighted by molar-refractivity contribution is 7.84. The zero-order valence-corrected chi connectivity index (χ0v) is 9.22. The van der Waals surface area contributed by atoms with Gasteiger partial charge in [-0.1, -0.05) is 13.8 Å². The summed E-state index contributed by atoms with van der Waals surface area (Å²) < 4.78 is 20.3. The molecule has 6 heteroatoms. The van der Waals surface area contributed by atoms with Crippen molar-refractivity contribution in [3.63, 3.8) is 0 Å². The molecule has 14 heavy (non-hydrogen) atoms. The van der Waals surface area contributed by atoms with Gasteiger partial charge in [0.15, 0.2) is 0 Å². The van der Waals surface area contributed by atoms with Crippen LogP contribution in [0, 0.1) is 0 Å². The largest absolute Gasteiger partial charge is 0.508 e. The summed E-state index contributed by atoms with van der Waals surface area (Å²) in [6, 6.07) is 0. The minimum absolute atomic E-state index is 0.140. The van der Waals surface area contributed by atoms with Crippen LogP contribution in [-0.4, -0.2) is 22.4 Å². The monoisotopic (exact) mass is 222 g/mol. The number of allylic oxidation sites excluding steroid dienone is 1. The number of aliphatic hydroxyl groups excluding tert-OH is 1. The molecule has 0 aliphatic rings. The Hall–Kier alpha value is -0.880. The van der Waals surface area contributed by atoms with Crippen molar-refractivity contribution in [2.24, 2.45) is 0 Å². The van der Waals surface area contributed by atoms with Crippen molar-refractivity contribution in [3.8, 4) is 0 Å². The molecule has 82 valence electrons. The fourth-order valence-electron chi connectivity index (χ4n) is 0.585. The smallest absolute Gasteiger partial charge is 0.311 e. The molecule has 0 fully saturated rings. The Bertz CT molecular complexity index is 258. The lowest BCUT2D eigenvalue weighted by atomic mass is 10.4. The van der Waals surface area contributed by atoms with E-state index in [0.29, 0.717) is 0 Å². The molecule has 5 nitrogen and oxygen atoms in total. The summed E-state index contributed by atoms with van der Waals surface area (Å²) in [6.45, 7) is 3.24. The summed E-state index contributed by atoms with van der Waals surface area (Å²) in [7, 11) is 1.19. The molecule has 0 heterocycles. The van der Waals surface area contributed by atoms with E-state index in [1.807, 2.05) is 0 Å². The molecule has 0 aromatic rings. The normalized spacial score (nSPS) is 14.5. The van der Waals surface area contributed by atoms with Crippen LogP contribution in [0.1, 0.15) is 26.7 Å². The Kier molecular flexibility index (Phi) is 6.14. The van der Waals surface area contributed by atoms with Gasteiger partial charge in [-0.3, -0.25) is 8.98 Å². The first-order valence-corrected chi connectivity index (χ1v) is 5.23. The maximum atomic E-state index is 11.2. The van der Waals surface area contributed by atoms with E-state index in [-0.39, 0.29) is 23.7 Å². The summed E-state index contributed by atoms with van der Waals surface area (Å²) in [5.41, 5.74) is 0. The van der Waals surface area contributed by atoms with Gasteiger partial charge in [0.25, 0.3) is 5.09 Å². The molecule has 0 bridgehead atoms. The maximum Gasteiger partial charge on any atom is 0.311 e. The minimum Gasteiger partial charge on any atom is -0.508 e. The van der Waals surface area contributed by atoms with Crippen LogP contribution in [0.5, 0.6) is 0 Å². The van der Waals surface area contributed by atoms with Crippen LogP contribution in [0.2, 0.25) is 0 Å². The number of aliphatic hydroxyl groups is 1. The maximum absolute atomic E-state index is 11.2. The highest BCUT2D eigenvalue weighted by Crippen LogP contribution is 2.13. The second-order valence-electron chi connectivity index (χ2n) is 2.32.